The van der Waals surface area contributed by atoms with Crippen molar-refractivity contribution in [2.24, 2.45) is 5.10 Å². The molecule has 0 aliphatic rings. The number of para-hydroxylation sites is 1. The van der Waals surface area contributed by atoms with E-state index in [2.05, 4.69) is 10.5 Å². The van der Waals surface area contributed by atoms with Gasteiger partial charge in [0.2, 0.25) is 0 Å². The van der Waals surface area contributed by atoms with Gasteiger partial charge in [0, 0.05) is 10.9 Å². The Bertz CT molecular complexity index is 1030. The zero-order chi connectivity index (χ0) is 16.4. The lowest BCUT2D eigenvalue weighted by molar-refractivity contribution is 0.0955. The summed E-state index contributed by atoms with van der Waals surface area (Å²) in [5.74, 6) is 0.336. The number of hydrogen-bond donors (Lipinski definition) is 1. The van der Waals surface area contributed by atoms with Gasteiger partial charge < -0.3 is 4.42 Å². The minimum Gasteiger partial charge on any atom is -0.455 e. The van der Waals surface area contributed by atoms with Gasteiger partial charge in [-0.15, -0.1) is 0 Å². The van der Waals surface area contributed by atoms with E-state index in [1.54, 1.807) is 6.07 Å². The molecule has 4 heteroatoms. The van der Waals surface area contributed by atoms with Gasteiger partial charge in [-0.05, 0) is 35.0 Å². The largest absolute Gasteiger partial charge is 0.455 e. The van der Waals surface area contributed by atoms with Gasteiger partial charge in [0.25, 0.3) is 5.91 Å². The Hall–Kier alpha value is -3.40. The highest BCUT2D eigenvalue weighted by atomic mass is 16.3. The van der Waals surface area contributed by atoms with E-state index in [0.29, 0.717) is 11.3 Å². The van der Waals surface area contributed by atoms with E-state index in [-0.39, 0.29) is 5.91 Å². The third kappa shape index (κ3) is 2.77. The van der Waals surface area contributed by atoms with Crippen LogP contribution in [-0.4, -0.2) is 12.1 Å². The zero-order valence-corrected chi connectivity index (χ0v) is 12.8. The van der Waals surface area contributed by atoms with Crippen LogP contribution in [0.5, 0.6) is 0 Å². The Labute approximate surface area is 138 Å². The number of benzene rings is 3. The lowest BCUT2D eigenvalue weighted by Crippen LogP contribution is -2.17. The molecule has 0 bridgehead atoms. The fourth-order valence-corrected chi connectivity index (χ4v) is 2.62. The van der Waals surface area contributed by atoms with Crippen molar-refractivity contribution >= 4 is 33.9 Å². The summed E-state index contributed by atoms with van der Waals surface area (Å²) in [6.45, 7) is 0. The summed E-state index contributed by atoms with van der Waals surface area (Å²) in [6.07, 6.45) is 1.50. The minimum absolute atomic E-state index is 0.256. The van der Waals surface area contributed by atoms with E-state index in [9.17, 15) is 4.79 Å². The first-order chi connectivity index (χ1) is 11.8. The molecule has 3 aromatic carbocycles. The second-order valence-corrected chi connectivity index (χ2v) is 5.45. The van der Waals surface area contributed by atoms with Crippen LogP contribution in [0.4, 0.5) is 0 Å². The highest BCUT2D eigenvalue weighted by molar-refractivity contribution is 5.99. The van der Waals surface area contributed by atoms with Gasteiger partial charge in [0.05, 0.1) is 6.21 Å². The maximum absolute atomic E-state index is 12.2. The third-order valence-electron chi connectivity index (χ3n) is 3.81. The smallest absolute Gasteiger partial charge is 0.271 e. The fraction of sp³-hybridized carbons (Fsp3) is 0. The molecule has 0 unspecified atom stereocenters. The quantitative estimate of drug-likeness (QED) is 0.451. The maximum atomic E-state index is 12.2. The van der Waals surface area contributed by atoms with Crippen molar-refractivity contribution in [2.45, 2.75) is 0 Å². The molecule has 0 saturated heterocycles. The number of rotatable bonds is 3. The van der Waals surface area contributed by atoms with Crippen molar-refractivity contribution < 1.29 is 9.21 Å². The molecule has 0 radical (unpaired) electrons. The van der Waals surface area contributed by atoms with Crippen molar-refractivity contribution in [1.29, 1.82) is 0 Å². The van der Waals surface area contributed by atoms with Crippen LogP contribution >= 0.6 is 0 Å². The number of fused-ring (bicyclic) bond motifs is 2. The van der Waals surface area contributed by atoms with Gasteiger partial charge in [0.15, 0.2) is 0 Å². The maximum Gasteiger partial charge on any atom is 0.271 e. The molecule has 0 fully saturated rings. The average Bonchev–Trinajstić information content (AvgIpc) is 3.04. The number of carbonyl (C=O) groups is 1. The second-order valence-electron chi connectivity index (χ2n) is 5.45. The molecule has 4 aromatic rings. The Morgan fingerprint density at radius 1 is 0.875 bits per heavy atom. The number of amides is 1. The molecule has 1 aromatic heterocycles. The van der Waals surface area contributed by atoms with Crippen molar-refractivity contribution in [3.63, 3.8) is 0 Å². The van der Waals surface area contributed by atoms with Crippen LogP contribution in [0.25, 0.3) is 21.7 Å². The molecule has 0 aliphatic carbocycles. The zero-order valence-electron chi connectivity index (χ0n) is 12.8. The molecular formula is C20H14N2O2. The molecule has 0 atom stereocenters. The molecule has 1 amide bonds. The molecule has 24 heavy (non-hydrogen) atoms. The second kappa shape index (κ2) is 6.01. The Morgan fingerprint density at radius 2 is 1.62 bits per heavy atom. The monoisotopic (exact) mass is 314 g/mol. The van der Waals surface area contributed by atoms with E-state index in [4.69, 9.17) is 4.42 Å². The standard InChI is InChI=1S/C20H14N2O2/c23-20(17-10-9-14-5-1-2-6-15(14)11-17)22-21-13-18-12-16-7-3-4-8-19(16)24-18/h1-13H,(H,22,23)/b21-13+. The SMILES string of the molecule is O=C(N/N=C/c1cc2ccccc2o1)c1ccc2ccccc2c1. The van der Waals surface area contributed by atoms with Gasteiger partial charge >= 0.3 is 0 Å². The van der Waals surface area contributed by atoms with Crippen molar-refractivity contribution in [3.05, 3.63) is 84.1 Å². The van der Waals surface area contributed by atoms with Crippen LogP contribution in [0.15, 0.2) is 82.3 Å². The Balaban J connectivity index is 1.50. The van der Waals surface area contributed by atoms with Crippen LogP contribution in [-0.2, 0) is 0 Å². The molecule has 0 spiro atoms. The van der Waals surface area contributed by atoms with Crippen LogP contribution in [0.2, 0.25) is 0 Å². The summed E-state index contributed by atoms with van der Waals surface area (Å²) in [6, 6.07) is 23.0. The molecule has 0 saturated carbocycles. The van der Waals surface area contributed by atoms with Crippen LogP contribution in [0.1, 0.15) is 16.1 Å². The van der Waals surface area contributed by atoms with E-state index in [0.717, 1.165) is 21.7 Å². The highest BCUT2D eigenvalue weighted by Gasteiger charge is 2.05. The van der Waals surface area contributed by atoms with Crippen LogP contribution < -0.4 is 5.43 Å². The van der Waals surface area contributed by atoms with Gasteiger partial charge in [-0.2, -0.15) is 5.10 Å². The van der Waals surface area contributed by atoms with Gasteiger partial charge in [-0.1, -0.05) is 48.5 Å². The summed E-state index contributed by atoms with van der Waals surface area (Å²) >= 11 is 0. The topological polar surface area (TPSA) is 54.6 Å². The van der Waals surface area contributed by atoms with E-state index < -0.39 is 0 Å². The normalized spacial score (nSPS) is 11.3. The summed E-state index contributed by atoms with van der Waals surface area (Å²) in [5.41, 5.74) is 3.88. The number of nitrogens with one attached hydrogen (secondary N) is 1. The number of hydrogen-bond acceptors (Lipinski definition) is 3. The van der Waals surface area contributed by atoms with E-state index in [1.165, 1.54) is 6.21 Å². The van der Waals surface area contributed by atoms with Crippen LogP contribution in [0.3, 0.4) is 0 Å². The number of hydrazone groups is 1. The van der Waals surface area contributed by atoms with Crippen molar-refractivity contribution in [3.8, 4) is 0 Å². The number of carbonyl (C=O) groups excluding carboxylic acids is 1. The first kappa shape index (κ1) is 14.2. The Morgan fingerprint density at radius 3 is 2.46 bits per heavy atom. The summed E-state index contributed by atoms with van der Waals surface area (Å²) in [5, 5.41) is 7.09. The average molecular weight is 314 g/mol. The predicted molar refractivity (Wildman–Crippen MR) is 95.2 cm³/mol. The van der Waals surface area contributed by atoms with Gasteiger partial charge in [0.1, 0.15) is 11.3 Å². The lowest BCUT2D eigenvalue weighted by Gasteiger charge is -2.02. The van der Waals surface area contributed by atoms with E-state index >= 15 is 0 Å². The van der Waals surface area contributed by atoms with Gasteiger partial charge in [-0.25, -0.2) is 5.43 Å². The van der Waals surface area contributed by atoms with Gasteiger partial charge in [-0.3, -0.25) is 4.79 Å². The fourth-order valence-electron chi connectivity index (χ4n) is 2.62. The summed E-state index contributed by atoms with van der Waals surface area (Å²) in [4.78, 5) is 12.2. The summed E-state index contributed by atoms with van der Waals surface area (Å²) < 4.78 is 5.61. The molecule has 4 rings (SSSR count). The molecule has 0 aliphatic heterocycles. The predicted octanol–water partition coefficient (Wildman–Crippen LogP) is 4.35. The highest BCUT2D eigenvalue weighted by Crippen LogP contribution is 2.17. The molecule has 116 valence electrons. The number of nitrogens with zero attached hydrogens (tertiary/aromatic N) is 1. The third-order valence-corrected chi connectivity index (χ3v) is 3.81. The first-order valence-corrected chi connectivity index (χ1v) is 7.60. The van der Waals surface area contributed by atoms with Crippen LogP contribution in [0, 0.1) is 0 Å². The minimum atomic E-state index is -0.256. The van der Waals surface area contributed by atoms with E-state index in [1.807, 2.05) is 66.7 Å². The molecule has 1 heterocycles. The molecule has 1 N–H and O–H groups in total. The summed E-state index contributed by atoms with van der Waals surface area (Å²) in [7, 11) is 0. The first-order valence-electron chi connectivity index (χ1n) is 7.60. The lowest BCUT2D eigenvalue weighted by atomic mass is 10.1. The molecular weight excluding hydrogens is 300 g/mol. The molecule has 4 nitrogen and oxygen atoms in total. The Kier molecular flexibility index (Phi) is 3.56. The van der Waals surface area contributed by atoms with Crippen molar-refractivity contribution in [1.82, 2.24) is 5.43 Å². The number of furan rings is 1. The van der Waals surface area contributed by atoms with Crippen molar-refractivity contribution in [2.75, 3.05) is 0 Å².